The summed E-state index contributed by atoms with van der Waals surface area (Å²) in [4.78, 5) is 0. The van der Waals surface area contributed by atoms with Crippen molar-refractivity contribution in [2.24, 2.45) is 5.73 Å². The quantitative estimate of drug-likeness (QED) is 0.747. The molecule has 0 saturated heterocycles. The Hall–Kier alpha value is -1.12. The first-order chi connectivity index (χ1) is 8.18. The van der Waals surface area contributed by atoms with Gasteiger partial charge in [0, 0.05) is 5.54 Å². The topological polar surface area (TPSA) is 26.0 Å². The zero-order valence-corrected chi connectivity index (χ0v) is 12.5. The van der Waals surface area contributed by atoms with Crippen molar-refractivity contribution < 1.29 is 0 Å². The van der Waals surface area contributed by atoms with Gasteiger partial charge in [0.05, 0.1) is 0 Å². The maximum atomic E-state index is 6.49. The standard InChI is InChI=1S/C16H21N.BrH/c1-4-9-14-10-7-8-11-15(14)16(17,12-5-2)13-6-3;/h4-8,10-11H,1-3,9,12-13,17H2;1H. The Balaban J connectivity index is 0.00000289. The van der Waals surface area contributed by atoms with E-state index in [1.54, 1.807) is 0 Å². The molecule has 0 amide bonds. The van der Waals surface area contributed by atoms with Gasteiger partial charge in [-0.1, -0.05) is 42.5 Å². The lowest BCUT2D eigenvalue weighted by atomic mass is 9.81. The van der Waals surface area contributed by atoms with Crippen LogP contribution in [0.25, 0.3) is 0 Å². The molecular weight excluding hydrogens is 286 g/mol. The molecule has 2 N–H and O–H groups in total. The van der Waals surface area contributed by atoms with E-state index in [1.807, 2.05) is 30.4 Å². The average molecular weight is 308 g/mol. The van der Waals surface area contributed by atoms with Crippen molar-refractivity contribution in [2.75, 3.05) is 0 Å². The van der Waals surface area contributed by atoms with Crippen LogP contribution in [-0.2, 0) is 12.0 Å². The predicted molar refractivity (Wildman–Crippen MR) is 86.2 cm³/mol. The molecule has 1 rings (SSSR count). The highest BCUT2D eigenvalue weighted by molar-refractivity contribution is 8.93. The number of rotatable bonds is 7. The molecule has 1 nitrogen and oxygen atoms in total. The van der Waals surface area contributed by atoms with Crippen LogP contribution in [0.1, 0.15) is 24.0 Å². The summed E-state index contributed by atoms with van der Waals surface area (Å²) in [5, 5.41) is 0. The third-order valence-electron chi connectivity index (χ3n) is 2.94. The van der Waals surface area contributed by atoms with Crippen molar-refractivity contribution in [3.05, 3.63) is 73.4 Å². The van der Waals surface area contributed by atoms with Crippen LogP contribution in [0.3, 0.4) is 0 Å². The Bertz CT molecular complexity index is 399. The lowest BCUT2D eigenvalue weighted by molar-refractivity contribution is 0.453. The Kier molecular flexibility index (Phi) is 7.56. The number of halogens is 1. The number of hydrogen-bond acceptors (Lipinski definition) is 1. The summed E-state index contributed by atoms with van der Waals surface area (Å²) >= 11 is 0. The highest BCUT2D eigenvalue weighted by atomic mass is 79.9. The molecule has 18 heavy (non-hydrogen) atoms. The van der Waals surface area contributed by atoms with Crippen molar-refractivity contribution in [3.63, 3.8) is 0 Å². The van der Waals surface area contributed by atoms with Crippen LogP contribution >= 0.6 is 17.0 Å². The molecule has 0 saturated carbocycles. The fourth-order valence-corrected chi connectivity index (χ4v) is 2.16. The lowest BCUT2D eigenvalue weighted by Gasteiger charge is -2.30. The first-order valence-corrected chi connectivity index (χ1v) is 5.88. The average Bonchev–Trinajstić information content (AvgIpc) is 2.31. The summed E-state index contributed by atoms with van der Waals surface area (Å²) < 4.78 is 0. The molecule has 0 atom stereocenters. The molecule has 0 unspecified atom stereocenters. The highest BCUT2D eigenvalue weighted by Crippen LogP contribution is 2.30. The normalized spacial score (nSPS) is 10.3. The minimum Gasteiger partial charge on any atom is -0.321 e. The second-order valence-corrected chi connectivity index (χ2v) is 4.29. The highest BCUT2D eigenvalue weighted by Gasteiger charge is 2.26. The SMILES string of the molecule is Br.C=CCc1ccccc1C(N)(CC=C)CC=C. The maximum Gasteiger partial charge on any atom is 0.0481 e. The molecule has 0 aliphatic rings. The summed E-state index contributed by atoms with van der Waals surface area (Å²) in [7, 11) is 0. The molecule has 1 aromatic rings. The summed E-state index contributed by atoms with van der Waals surface area (Å²) in [5.41, 5.74) is 8.49. The van der Waals surface area contributed by atoms with Gasteiger partial charge in [-0.05, 0) is 30.4 Å². The molecule has 0 radical (unpaired) electrons. The maximum absolute atomic E-state index is 6.49. The van der Waals surface area contributed by atoms with E-state index in [4.69, 9.17) is 5.73 Å². The summed E-state index contributed by atoms with van der Waals surface area (Å²) in [6.45, 7) is 11.4. The van der Waals surface area contributed by atoms with E-state index >= 15 is 0 Å². The fourth-order valence-electron chi connectivity index (χ4n) is 2.16. The van der Waals surface area contributed by atoms with Crippen LogP contribution in [0.4, 0.5) is 0 Å². The zero-order chi connectivity index (χ0) is 12.7. The number of allylic oxidation sites excluding steroid dienone is 1. The molecule has 0 fully saturated rings. The molecule has 0 aliphatic carbocycles. The van der Waals surface area contributed by atoms with E-state index < -0.39 is 5.54 Å². The van der Waals surface area contributed by atoms with Gasteiger partial charge < -0.3 is 5.73 Å². The van der Waals surface area contributed by atoms with E-state index in [0.29, 0.717) is 0 Å². The predicted octanol–water partition coefficient (Wildman–Crippen LogP) is 4.30. The number of benzene rings is 1. The lowest BCUT2D eigenvalue weighted by Crippen LogP contribution is -2.36. The van der Waals surface area contributed by atoms with Gasteiger partial charge in [0.2, 0.25) is 0 Å². The Morgan fingerprint density at radius 2 is 1.56 bits per heavy atom. The van der Waals surface area contributed by atoms with Crippen molar-refractivity contribution in [3.8, 4) is 0 Å². The van der Waals surface area contributed by atoms with Gasteiger partial charge in [0.25, 0.3) is 0 Å². The van der Waals surface area contributed by atoms with Crippen LogP contribution in [-0.4, -0.2) is 0 Å². The van der Waals surface area contributed by atoms with E-state index in [-0.39, 0.29) is 17.0 Å². The Morgan fingerprint density at radius 1 is 1.00 bits per heavy atom. The molecule has 0 aromatic heterocycles. The minimum absolute atomic E-state index is 0. The van der Waals surface area contributed by atoms with Crippen LogP contribution in [0.15, 0.2) is 62.2 Å². The smallest absolute Gasteiger partial charge is 0.0481 e. The van der Waals surface area contributed by atoms with Gasteiger partial charge in [0.15, 0.2) is 0 Å². The first-order valence-electron chi connectivity index (χ1n) is 5.88. The minimum atomic E-state index is -0.400. The fraction of sp³-hybridized carbons (Fsp3) is 0.250. The molecular formula is C16H22BrN. The number of hydrogen-bond donors (Lipinski definition) is 1. The summed E-state index contributed by atoms with van der Waals surface area (Å²) in [6.07, 6.45) is 7.97. The molecule has 0 spiro atoms. The van der Waals surface area contributed by atoms with Crippen LogP contribution in [0, 0.1) is 0 Å². The van der Waals surface area contributed by atoms with Gasteiger partial charge in [-0.25, -0.2) is 0 Å². The van der Waals surface area contributed by atoms with E-state index in [9.17, 15) is 0 Å². The van der Waals surface area contributed by atoms with Gasteiger partial charge in [-0.15, -0.1) is 36.7 Å². The molecule has 2 heteroatoms. The number of nitrogens with two attached hydrogens (primary N) is 1. The van der Waals surface area contributed by atoms with Gasteiger partial charge in [0.1, 0.15) is 0 Å². The second kappa shape index (κ2) is 8.06. The van der Waals surface area contributed by atoms with Gasteiger partial charge in [-0.2, -0.15) is 0 Å². The van der Waals surface area contributed by atoms with Gasteiger partial charge >= 0.3 is 0 Å². The van der Waals surface area contributed by atoms with Crippen molar-refractivity contribution >= 4 is 17.0 Å². The largest absolute Gasteiger partial charge is 0.321 e. The Morgan fingerprint density at radius 3 is 2.06 bits per heavy atom. The van der Waals surface area contributed by atoms with Crippen LogP contribution < -0.4 is 5.73 Å². The van der Waals surface area contributed by atoms with Crippen molar-refractivity contribution in [1.29, 1.82) is 0 Å². The first kappa shape index (κ1) is 16.9. The van der Waals surface area contributed by atoms with E-state index in [0.717, 1.165) is 19.3 Å². The summed E-state index contributed by atoms with van der Waals surface area (Å²) in [6, 6.07) is 8.25. The van der Waals surface area contributed by atoms with Crippen molar-refractivity contribution in [1.82, 2.24) is 0 Å². The molecule has 0 heterocycles. The summed E-state index contributed by atoms with van der Waals surface area (Å²) in [5.74, 6) is 0. The second-order valence-electron chi connectivity index (χ2n) is 4.29. The van der Waals surface area contributed by atoms with E-state index in [1.165, 1.54) is 11.1 Å². The van der Waals surface area contributed by atoms with Crippen LogP contribution in [0.2, 0.25) is 0 Å². The third-order valence-corrected chi connectivity index (χ3v) is 2.94. The molecule has 98 valence electrons. The molecule has 0 aliphatic heterocycles. The van der Waals surface area contributed by atoms with Crippen LogP contribution in [0.5, 0.6) is 0 Å². The molecule has 1 aromatic carbocycles. The van der Waals surface area contributed by atoms with Crippen molar-refractivity contribution in [2.45, 2.75) is 24.8 Å². The van der Waals surface area contributed by atoms with Gasteiger partial charge in [-0.3, -0.25) is 0 Å². The zero-order valence-electron chi connectivity index (χ0n) is 10.8. The van der Waals surface area contributed by atoms with E-state index in [2.05, 4.69) is 31.9 Å². The Labute approximate surface area is 121 Å². The third kappa shape index (κ3) is 3.97. The molecule has 0 bridgehead atoms. The monoisotopic (exact) mass is 307 g/mol.